The van der Waals surface area contributed by atoms with Gasteiger partial charge in [0, 0.05) is 10.3 Å². The van der Waals surface area contributed by atoms with E-state index in [-0.39, 0.29) is 0 Å². The fourth-order valence-corrected chi connectivity index (χ4v) is 1.78. The number of aryl methyl sites for hydroxylation is 1. The molecule has 2 heteroatoms. The van der Waals surface area contributed by atoms with Crippen LogP contribution >= 0.6 is 11.3 Å². The van der Waals surface area contributed by atoms with Crippen LogP contribution in [0.5, 0.6) is 0 Å². The number of thiophene rings is 1. The van der Waals surface area contributed by atoms with Crippen molar-refractivity contribution in [1.82, 2.24) is 0 Å². The minimum Gasteiger partial charge on any atom is -0.192 e. The zero-order valence-corrected chi connectivity index (χ0v) is 7.45. The molecule has 0 unspecified atom stereocenters. The average Bonchev–Trinajstić information content (AvgIpc) is 2.48. The molecule has 1 aromatic heterocycles. The first-order valence-corrected chi connectivity index (χ1v) is 4.72. The summed E-state index contributed by atoms with van der Waals surface area (Å²) in [6.07, 6.45) is 3.58. The Bertz CT molecular complexity index is 257. The molecular formula is C9H11NS. The van der Waals surface area contributed by atoms with E-state index in [2.05, 4.69) is 13.0 Å². The van der Waals surface area contributed by atoms with E-state index in [9.17, 15) is 0 Å². The molecule has 1 aromatic rings. The van der Waals surface area contributed by atoms with Crippen LogP contribution in [0, 0.1) is 11.3 Å². The zero-order valence-electron chi connectivity index (χ0n) is 6.63. The zero-order chi connectivity index (χ0) is 8.10. The minimum absolute atomic E-state index is 0.807. The predicted molar refractivity (Wildman–Crippen MR) is 47.6 cm³/mol. The van der Waals surface area contributed by atoms with E-state index < -0.39 is 0 Å². The van der Waals surface area contributed by atoms with Crippen LogP contribution in [0.15, 0.2) is 11.4 Å². The van der Waals surface area contributed by atoms with Crippen LogP contribution in [-0.2, 0) is 6.42 Å². The van der Waals surface area contributed by atoms with Crippen molar-refractivity contribution in [3.63, 3.8) is 0 Å². The highest BCUT2D eigenvalue weighted by Crippen LogP contribution is 2.15. The van der Waals surface area contributed by atoms with Crippen molar-refractivity contribution < 1.29 is 0 Å². The normalized spacial score (nSPS) is 9.45. The molecule has 0 aliphatic rings. The molecule has 0 saturated carbocycles. The summed E-state index contributed by atoms with van der Waals surface area (Å²) in [5.41, 5.74) is 0.807. The second-order valence-electron chi connectivity index (χ2n) is 2.52. The van der Waals surface area contributed by atoms with Crippen molar-refractivity contribution in [2.45, 2.75) is 26.2 Å². The Morgan fingerprint density at radius 1 is 1.64 bits per heavy atom. The molecule has 0 aliphatic heterocycles. The fourth-order valence-electron chi connectivity index (χ4n) is 0.921. The Morgan fingerprint density at radius 2 is 2.45 bits per heavy atom. The second kappa shape index (κ2) is 4.15. The third kappa shape index (κ3) is 2.36. The topological polar surface area (TPSA) is 23.8 Å². The lowest BCUT2D eigenvalue weighted by molar-refractivity contribution is 0.804. The third-order valence-electron chi connectivity index (χ3n) is 1.56. The largest absolute Gasteiger partial charge is 0.192 e. The van der Waals surface area contributed by atoms with Gasteiger partial charge in [0.2, 0.25) is 0 Å². The summed E-state index contributed by atoms with van der Waals surface area (Å²) in [6.45, 7) is 2.18. The maximum Gasteiger partial charge on any atom is 0.1000 e. The quantitative estimate of drug-likeness (QED) is 0.675. The lowest BCUT2D eigenvalue weighted by atomic mass is 10.2. The highest BCUT2D eigenvalue weighted by molar-refractivity contribution is 7.10. The van der Waals surface area contributed by atoms with Gasteiger partial charge in [-0.05, 0) is 18.9 Å². The molecule has 0 fully saturated rings. The van der Waals surface area contributed by atoms with Crippen LogP contribution in [0.1, 0.15) is 30.2 Å². The number of nitriles is 1. The molecule has 0 radical (unpaired) electrons. The first-order chi connectivity index (χ1) is 5.36. The lowest BCUT2D eigenvalue weighted by Crippen LogP contribution is -1.76. The molecule has 1 nitrogen and oxygen atoms in total. The van der Waals surface area contributed by atoms with Crippen LogP contribution in [0.4, 0.5) is 0 Å². The van der Waals surface area contributed by atoms with Gasteiger partial charge in [0.15, 0.2) is 0 Å². The number of nitrogens with zero attached hydrogens (tertiary/aromatic N) is 1. The minimum atomic E-state index is 0.807. The molecule has 0 atom stereocenters. The molecule has 1 rings (SSSR count). The lowest BCUT2D eigenvalue weighted by Gasteiger charge is -1.90. The van der Waals surface area contributed by atoms with E-state index in [1.807, 2.05) is 11.4 Å². The number of unbranched alkanes of at least 4 members (excludes halogenated alkanes) is 1. The van der Waals surface area contributed by atoms with Gasteiger partial charge in [0.05, 0.1) is 11.6 Å². The van der Waals surface area contributed by atoms with Crippen LogP contribution in [0.2, 0.25) is 0 Å². The average molecular weight is 165 g/mol. The molecule has 0 aliphatic carbocycles. The first-order valence-electron chi connectivity index (χ1n) is 3.84. The summed E-state index contributed by atoms with van der Waals surface area (Å²) in [6, 6.07) is 4.12. The molecule has 0 saturated heterocycles. The highest BCUT2D eigenvalue weighted by atomic mass is 32.1. The van der Waals surface area contributed by atoms with E-state index >= 15 is 0 Å². The summed E-state index contributed by atoms with van der Waals surface area (Å²) in [7, 11) is 0. The molecule has 0 bridgehead atoms. The van der Waals surface area contributed by atoms with Crippen molar-refractivity contribution >= 4 is 11.3 Å². The molecule has 58 valence electrons. The highest BCUT2D eigenvalue weighted by Gasteiger charge is 1.96. The van der Waals surface area contributed by atoms with Crippen molar-refractivity contribution in [3.05, 3.63) is 21.9 Å². The maximum absolute atomic E-state index is 8.53. The van der Waals surface area contributed by atoms with Gasteiger partial charge in [0.1, 0.15) is 0 Å². The van der Waals surface area contributed by atoms with Gasteiger partial charge in [-0.15, -0.1) is 11.3 Å². The second-order valence-corrected chi connectivity index (χ2v) is 3.51. The number of hydrogen-bond donors (Lipinski definition) is 0. The van der Waals surface area contributed by atoms with Gasteiger partial charge < -0.3 is 0 Å². The Morgan fingerprint density at radius 3 is 3.00 bits per heavy atom. The van der Waals surface area contributed by atoms with E-state index in [1.165, 1.54) is 17.7 Å². The van der Waals surface area contributed by atoms with Crippen LogP contribution in [-0.4, -0.2) is 0 Å². The Kier molecular flexibility index (Phi) is 3.13. The molecular weight excluding hydrogens is 154 g/mol. The number of rotatable bonds is 3. The summed E-state index contributed by atoms with van der Waals surface area (Å²) in [5.74, 6) is 0. The monoisotopic (exact) mass is 165 g/mol. The molecule has 0 amide bonds. The van der Waals surface area contributed by atoms with Crippen LogP contribution in [0.3, 0.4) is 0 Å². The smallest absolute Gasteiger partial charge is 0.1000 e. The van der Waals surface area contributed by atoms with Gasteiger partial charge in [-0.2, -0.15) is 5.26 Å². The van der Waals surface area contributed by atoms with Gasteiger partial charge in [-0.25, -0.2) is 0 Å². The predicted octanol–water partition coefficient (Wildman–Crippen LogP) is 2.96. The SMILES string of the molecule is CCCCc1cc(C#N)cs1. The molecule has 11 heavy (non-hydrogen) atoms. The summed E-state index contributed by atoms with van der Waals surface area (Å²) >= 11 is 1.69. The molecule has 1 heterocycles. The molecule has 0 aromatic carbocycles. The summed E-state index contributed by atoms with van der Waals surface area (Å²) in [5, 5.41) is 10.5. The van der Waals surface area contributed by atoms with Crippen molar-refractivity contribution in [2.24, 2.45) is 0 Å². The Hall–Kier alpha value is -0.810. The van der Waals surface area contributed by atoms with Crippen molar-refractivity contribution in [3.8, 4) is 6.07 Å². The van der Waals surface area contributed by atoms with Crippen LogP contribution < -0.4 is 0 Å². The first kappa shape index (κ1) is 8.29. The molecule has 0 N–H and O–H groups in total. The number of hydrogen-bond acceptors (Lipinski definition) is 2. The van der Waals surface area contributed by atoms with Gasteiger partial charge in [-0.1, -0.05) is 13.3 Å². The maximum atomic E-state index is 8.53. The van der Waals surface area contributed by atoms with Crippen LogP contribution in [0.25, 0.3) is 0 Å². The van der Waals surface area contributed by atoms with Crippen molar-refractivity contribution in [1.29, 1.82) is 5.26 Å². The molecule has 0 spiro atoms. The Balaban J connectivity index is 2.53. The van der Waals surface area contributed by atoms with Gasteiger partial charge in [0.25, 0.3) is 0 Å². The van der Waals surface area contributed by atoms with E-state index in [1.54, 1.807) is 11.3 Å². The van der Waals surface area contributed by atoms with Gasteiger partial charge >= 0.3 is 0 Å². The Labute approximate surface area is 71.3 Å². The standard InChI is InChI=1S/C9H11NS/c1-2-3-4-9-5-8(6-10)7-11-9/h5,7H,2-4H2,1H3. The van der Waals surface area contributed by atoms with E-state index in [4.69, 9.17) is 5.26 Å². The third-order valence-corrected chi connectivity index (χ3v) is 2.56. The van der Waals surface area contributed by atoms with E-state index in [0.29, 0.717) is 0 Å². The summed E-state index contributed by atoms with van der Waals surface area (Å²) in [4.78, 5) is 1.34. The summed E-state index contributed by atoms with van der Waals surface area (Å²) < 4.78 is 0. The van der Waals surface area contributed by atoms with E-state index in [0.717, 1.165) is 12.0 Å². The van der Waals surface area contributed by atoms with Gasteiger partial charge in [-0.3, -0.25) is 0 Å². The fraction of sp³-hybridized carbons (Fsp3) is 0.444. The van der Waals surface area contributed by atoms with Crippen molar-refractivity contribution in [2.75, 3.05) is 0 Å².